The van der Waals surface area contributed by atoms with E-state index in [1.165, 1.54) is 0 Å². The van der Waals surface area contributed by atoms with Crippen molar-refractivity contribution in [2.45, 2.75) is 57.1 Å². The van der Waals surface area contributed by atoms with Crippen molar-refractivity contribution in [2.24, 2.45) is 10.7 Å². The van der Waals surface area contributed by atoms with Crippen LogP contribution in [0.1, 0.15) is 45.4 Å². The highest BCUT2D eigenvalue weighted by molar-refractivity contribution is 5.80. The lowest BCUT2D eigenvalue weighted by Gasteiger charge is -2.32. The Hall–Kier alpha value is -1.34. The van der Waals surface area contributed by atoms with Crippen molar-refractivity contribution >= 4 is 11.9 Å². The zero-order chi connectivity index (χ0) is 16.7. The highest BCUT2D eigenvalue weighted by Gasteiger charge is 2.31. The highest BCUT2D eigenvalue weighted by Crippen LogP contribution is 2.29. The number of likely N-dealkylation sites (tertiary alicyclic amines) is 1. The minimum atomic E-state index is -0.618. The van der Waals surface area contributed by atoms with Gasteiger partial charge in [-0.3, -0.25) is 14.7 Å². The van der Waals surface area contributed by atoms with Gasteiger partial charge in [-0.1, -0.05) is 12.8 Å². The Labute approximate surface area is 138 Å². The van der Waals surface area contributed by atoms with Crippen LogP contribution >= 0.6 is 0 Å². The minimum absolute atomic E-state index is 0.267. The summed E-state index contributed by atoms with van der Waals surface area (Å²) in [6.45, 7) is 5.37. The number of nitrogens with one attached hydrogen (secondary N) is 2. The fourth-order valence-electron chi connectivity index (χ4n) is 3.39. The first-order valence-corrected chi connectivity index (χ1v) is 8.78. The van der Waals surface area contributed by atoms with E-state index < -0.39 is 5.60 Å². The number of carbonyl (C=O) groups is 1. The molecular formula is C16H31N5O2. The number of primary amides is 1. The Bertz CT molecular complexity index is 413. The molecule has 0 aromatic rings. The maximum absolute atomic E-state index is 11.0. The first-order valence-electron chi connectivity index (χ1n) is 8.78. The number of aliphatic hydroxyl groups is 1. The van der Waals surface area contributed by atoms with Gasteiger partial charge < -0.3 is 21.5 Å². The molecule has 5 N–H and O–H groups in total. The molecule has 0 atom stereocenters. The molecular weight excluding hydrogens is 294 g/mol. The second-order valence-corrected chi connectivity index (χ2v) is 6.79. The topological polar surface area (TPSA) is 103 Å². The zero-order valence-electron chi connectivity index (χ0n) is 14.2. The second kappa shape index (κ2) is 8.49. The molecule has 1 aliphatic heterocycles. The van der Waals surface area contributed by atoms with Gasteiger partial charge in [0, 0.05) is 25.7 Å². The number of amides is 1. The van der Waals surface area contributed by atoms with Crippen molar-refractivity contribution in [1.29, 1.82) is 0 Å². The first kappa shape index (κ1) is 18.0. The predicted molar refractivity (Wildman–Crippen MR) is 91.2 cm³/mol. The van der Waals surface area contributed by atoms with E-state index in [0.717, 1.165) is 64.1 Å². The molecule has 2 aliphatic rings. The molecule has 0 aromatic heterocycles. The van der Waals surface area contributed by atoms with Gasteiger partial charge in [0.15, 0.2) is 5.96 Å². The summed E-state index contributed by atoms with van der Waals surface area (Å²) in [6, 6.07) is 0.343. The summed E-state index contributed by atoms with van der Waals surface area (Å²) in [4.78, 5) is 17.6. The van der Waals surface area contributed by atoms with Crippen LogP contribution in [0.4, 0.5) is 0 Å². The van der Waals surface area contributed by atoms with Crippen LogP contribution < -0.4 is 16.4 Å². The summed E-state index contributed by atoms with van der Waals surface area (Å²) in [7, 11) is 0. The van der Waals surface area contributed by atoms with E-state index in [4.69, 9.17) is 5.73 Å². The van der Waals surface area contributed by atoms with E-state index >= 15 is 0 Å². The molecule has 1 saturated heterocycles. The predicted octanol–water partition coefficient (Wildman–Crippen LogP) is -0.204. The summed E-state index contributed by atoms with van der Waals surface area (Å²) >= 11 is 0. The average Bonchev–Trinajstić information content (AvgIpc) is 2.94. The van der Waals surface area contributed by atoms with Crippen molar-refractivity contribution in [3.8, 4) is 0 Å². The maximum atomic E-state index is 11.0. The fourth-order valence-corrected chi connectivity index (χ4v) is 3.39. The van der Waals surface area contributed by atoms with E-state index in [1.807, 2.05) is 6.92 Å². The Kier molecular flexibility index (Phi) is 6.65. The summed E-state index contributed by atoms with van der Waals surface area (Å²) in [5.41, 5.74) is 4.62. The van der Waals surface area contributed by atoms with Gasteiger partial charge in [0.05, 0.1) is 18.7 Å². The van der Waals surface area contributed by atoms with Gasteiger partial charge >= 0.3 is 0 Å². The average molecular weight is 325 g/mol. The normalized spacial score (nSPS) is 23.0. The third-order valence-electron chi connectivity index (χ3n) is 4.72. The molecule has 0 spiro atoms. The van der Waals surface area contributed by atoms with Crippen LogP contribution in [0.5, 0.6) is 0 Å². The Morgan fingerprint density at radius 3 is 2.57 bits per heavy atom. The molecule has 0 radical (unpaired) electrons. The summed E-state index contributed by atoms with van der Waals surface area (Å²) in [5, 5.41) is 17.1. The van der Waals surface area contributed by atoms with Crippen LogP contribution in [0.3, 0.4) is 0 Å². The van der Waals surface area contributed by atoms with E-state index in [1.54, 1.807) is 0 Å². The van der Waals surface area contributed by atoms with Crippen LogP contribution in [0.2, 0.25) is 0 Å². The van der Waals surface area contributed by atoms with Gasteiger partial charge in [0.25, 0.3) is 0 Å². The third kappa shape index (κ3) is 5.99. The van der Waals surface area contributed by atoms with Crippen molar-refractivity contribution < 1.29 is 9.90 Å². The molecule has 7 nitrogen and oxygen atoms in total. The molecule has 0 aromatic carbocycles. The largest absolute Gasteiger partial charge is 0.388 e. The molecule has 1 aliphatic carbocycles. The van der Waals surface area contributed by atoms with Crippen molar-refractivity contribution in [1.82, 2.24) is 15.5 Å². The Morgan fingerprint density at radius 1 is 1.35 bits per heavy atom. The molecule has 7 heteroatoms. The van der Waals surface area contributed by atoms with Gasteiger partial charge in [-0.05, 0) is 32.6 Å². The monoisotopic (exact) mass is 325 g/mol. The number of hydrogen-bond donors (Lipinski definition) is 4. The van der Waals surface area contributed by atoms with Crippen LogP contribution in [0.25, 0.3) is 0 Å². The van der Waals surface area contributed by atoms with Crippen molar-refractivity contribution in [2.75, 3.05) is 32.7 Å². The number of piperidine rings is 1. The molecule has 1 heterocycles. The zero-order valence-corrected chi connectivity index (χ0v) is 14.2. The molecule has 2 rings (SSSR count). The number of carbonyl (C=O) groups excluding carboxylic acids is 1. The fraction of sp³-hybridized carbons (Fsp3) is 0.875. The van der Waals surface area contributed by atoms with E-state index in [9.17, 15) is 9.90 Å². The van der Waals surface area contributed by atoms with Crippen LogP contribution in [0, 0.1) is 0 Å². The van der Waals surface area contributed by atoms with E-state index in [0.29, 0.717) is 19.1 Å². The van der Waals surface area contributed by atoms with Crippen LogP contribution in [-0.4, -0.2) is 66.2 Å². The van der Waals surface area contributed by atoms with Gasteiger partial charge in [-0.15, -0.1) is 0 Å². The molecule has 132 valence electrons. The standard InChI is InChI=1S/C16H31N5O2/c1-2-18-15(19-12-16(23)7-3-4-8-16)20-13-5-9-21(10-6-13)11-14(17)22/h13,23H,2-12H2,1H3,(H2,17,22)(H2,18,19,20). The quantitative estimate of drug-likeness (QED) is 0.400. The summed E-state index contributed by atoms with van der Waals surface area (Å²) < 4.78 is 0. The van der Waals surface area contributed by atoms with Crippen molar-refractivity contribution in [3.05, 3.63) is 0 Å². The minimum Gasteiger partial charge on any atom is -0.388 e. The van der Waals surface area contributed by atoms with E-state index in [-0.39, 0.29) is 5.91 Å². The Balaban J connectivity index is 1.81. The van der Waals surface area contributed by atoms with Gasteiger partial charge in [0.1, 0.15) is 0 Å². The Morgan fingerprint density at radius 2 is 2.00 bits per heavy atom. The lowest BCUT2D eigenvalue weighted by Crippen LogP contribution is -2.50. The number of nitrogens with two attached hydrogens (primary N) is 1. The van der Waals surface area contributed by atoms with Gasteiger partial charge in [0.2, 0.25) is 5.91 Å². The third-order valence-corrected chi connectivity index (χ3v) is 4.72. The lowest BCUT2D eigenvalue weighted by atomic mass is 10.0. The molecule has 1 amide bonds. The number of nitrogens with zero attached hydrogens (tertiary/aromatic N) is 2. The smallest absolute Gasteiger partial charge is 0.231 e. The summed E-state index contributed by atoms with van der Waals surface area (Å²) in [5.74, 6) is 0.511. The van der Waals surface area contributed by atoms with Crippen LogP contribution in [0.15, 0.2) is 4.99 Å². The number of rotatable bonds is 6. The molecule has 0 bridgehead atoms. The van der Waals surface area contributed by atoms with E-state index in [2.05, 4.69) is 20.5 Å². The molecule has 23 heavy (non-hydrogen) atoms. The SMILES string of the molecule is CCNC(=NCC1(O)CCCC1)NC1CCN(CC(N)=O)CC1. The van der Waals surface area contributed by atoms with Gasteiger partial charge in [-0.2, -0.15) is 0 Å². The lowest BCUT2D eigenvalue weighted by molar-refractivity contribution is -0.119. The highest BCUT2D eigenvalue weighted by atomic mass is 16.3. The molecule has 1 saturated carbocycles. The molecule has 0 unspecified atom stereocenters. The number of guanidine groups is 1. The number of aliphatic imine (C=N–C) groups is 1. The summed E-state index contributed by atoms with van der Waals surface area (Å²) in [6.07, 6.45) is 5.80. The van der Waals surface area contributed by atoms with Gasteiger partial charge in [-0.25, -0.2) is 0 Å². The number of hydrogen-bond acceptors (Lipinski definition) is 4. The maximum Gasteiger partial charge on any atom is 0.231 e. The van der Waals surface area contributed by atoms with Crippen LogP contribution in [-0.2, 0) is 4.79 Å². The molecule has 2 fully saturated rings. The second-order valence-electron chi connectivity index (χ2n) is 6.79. The first-order chi connectivity index (χ1) is 11.0. The van der Waals surface area contributed by atoms with Crippen molar-refractivity contribution in [3.63, 3.8) is 0 Å².